The van der Waals surface area contributed by atoms with Gasteiger partial charge in [-0.15, -0.1) is 12.4 Å². The fourth-order valence-corrected chi connectivity index (χ4v) is 2.13. The standard InChI is InChI=1S/C14H21ClN2O.ClH/c1-4-7-12(16-5-2)14(18)17-13-10(3)8-6-9-11(13)15;/h6,8-9,12,16H,4-5,7H2,1-3H3,(H,17,18);1H. The zero-order valence-electron chi connectivity index (χ0n) is 11.6. The number of aryl methyl sites for hydroxylation is 1. The molecule has 0 aliphatic heterocycles. The van der Waals surface area contributed by atoms with Gasteiger partial charge in [-0.05, 0) is 31.5 Å². The van der Waals surface area contributed by atoms with Crippen molar-refractivity contribution in [3.8, 4) is 0 Å². The van der Waals surface area contributed by atoms with E-state index >= 15 is 0 Å². The largest absolute Gasteiger partial charge is 0.323 e. The summed E-state index contributed by atoms with van der Waals surface area (Å²) in [6.07, 6.45) is 1.79. The van der Waals surface area contributed by atoms with Crippen molar-refractivity contribution in [2.45, 2.75) is 39.7 Å². The molecular formula is C14H22Cl2N2O. The molecule has 0 fully saturated rings. The number of hydrogen-bond donors (Lipinski definition) is 2. The van der Waals surface area contributed by atoms with Gasteiger partial charge in [-0.25, -0.2) is 0 Å². The number of amides is 1. The lowest BCUT2D eigenvalue weighted by Crippen LogP contribution is -2.40. The zero-order valence-corrected chi connectivity index (χ0v) is 13.2. The van der Waals surface area contributed by atoms with Gasteiger partial charge in [-0.2, -0.15) is 0 Å². The Morgan fingerprint density at radius 1 is 1.37 bits per heavy atom. The average Bonchev–Trinajstić information content (AvgIpc) is 2.33. The van der Waals surface area contributed by atoms with Gasteiger partial charge in [-0.1, -0.05) is 44.0 Å². The molecule has 1 atom stereocenters. The third kappa shape index (κ3) is 5.39. The molecule has 0 radical (unpaired) electrons. The van der Waals surface area contributed by atoms with Gasteiger partial charge in [0.15, 0.2) is 0 Å². The number of nitrogens with one attached hydrogen (secondary N) is 2. The van der Waals surface area contributed by atoms with Gasteiger partial charge in [0.25, 0.3) is 0 Å². The van der Waals surface area contributed by atoms with Crippen molar-refractivity contribution in [1.82, 2.24) is 5.32 Å². The number of halogens is 2. The van der Waals surface area contributed by atoms with Gasteiger partial charge in [0.1, 0.15) is 0 Å². The van der Waals surface area contributed by atoms with Crippen molar-refractivity contribution in [1.29, 1.82) is 0 Å². The molecule has 3 nitrogen and oxygen atoms in total. The van der Waals surface area contributed by atoms with E-state index in [1.807, 2.05) is 26.0 Å². The van der Waals surface area contributed by atoms with Gasteiger partial charge in [0.05, 0.1) is 16.8 Å². The second kappa shape index (κ2) is 9.18. The van der Waals surface area contributed by atoms with Crippen LogP contribution in [-0.4, -0.2) is 18.5 Å². The molecule has 0 aliphatic rings. The highest BCUT2D eigenvalue weighted by Gasteiger charge is 2.17. The predicted molar refractivity (Wildman–Crippen MR) is 84.4 cm³/mol. The third-order valence-corrected chi connectivity index (χ3v) is 3.13. The summed E-state index contributed by atoms with van der Waals surface area (Å²) in [5.41, 5.74) is 1.69. The maximum absolute atomic E-state index is 12.2. The zero-order chi connectivity index (χ0) is 13.5. The lowest BCUT2D eigenvalue weighted by atomic mass is 10.1. The maximum Gasteiger partial charge on any atom is 0.241 e. The number of carbonyl (C=O) groups excluding carboxylic acids is 1. The SMILES string of the molecule is CCCC(NCC)C(=O)Nc1c(C)cccc1Cl.Cl. The average molecular weight is 305 g/mol. The Kier molecular flexibility index (Phi) is 8.81. The Hall–Kier alpha value is -0.770. The Morgan fingerprint density at radius 2 is 2.05 bits per heavy atom. The van der Waals surface area contributed by atoms with Crippen molar-refractivity contribution in [3.63, 3.8) is 0 Å². The smallest absolute Gasteiger partial charge is 0.241 e. The molecule has 5 heteroatoms. The molecule has 0 saturated carbocycles. The molecule has 0 heterocycles. The third-order valence-electron chi connectivity index (χ3n) is 2.81. The molecule has 0 aromatic heterocycles. The van der Waals surface area contributed by atoms with Crippen molar-refractivity contribution < 1.29 is 4.79 Å². The van der Waals surface area contributed by atoms with E-state index in [1.165, 1.54) is 0 Å². The number of para-hydroxylation sites is 1. The Balaban J connectivity index is 0.00000324. The highest BCUT2D eigenvalue weighted by molar-refractivity contribution is 6.34. The minimum Gasteiger partial charge on any atom is -0.323 e. The van der Waals surface area contributed by atoms with E-state index in [0.717, 1.165) is 24.9 Å². The van der Waals surface area contributed by atoms with E-state index < -0.39 is 0 Å². The van der Waals surface area contributed by atoms with E-state index in [1.54, 1.807) is 6.07 Å². The number of hydrogen-bond acceptors (Lipinski definition) is 2. The van der Waals surface area contributed by atoms with Crippen LogP contribution in [0.15, 0.2) is 18.2 Å². The van der Waals surface area contributed by atoms with Crippen LogP contribution >= 0.6 is 24.0 Å². The number of likely N-dealkylation sites (N-methyl/N-ethyl adjacent to an activating group) is 1. The summed E-state index contributed by atoms with van der Waals surface area (Å²) in [5, 5.41) is 6.68. The Labute approximate surface area is 126 Å². The maximum atomic E-state index is 12.2. The minimum absolute atomic E-state index is 0. The first-order chi connectivity index (χ1) is 8.60. The van der Waals surface area contributed by atoms with Gasteiger partial charge < -0.3 is 10.6 Å². The second-order valence-electron chi connectivity index (χ2n) is 4.32. The van der Waals surface area contributed by atoms with E-state index in [2.05, 4.69) is 17.6 Å². The quantitative estimate of drug-likeness (QED) is 0.839. The van der Waals surface area contributed by atoms with Crippen LogP contribution < -0.4 is 10.6 Å². The number of benzene rings is 1. The van der Waals surface area contributed by atoms with E-state index in [9.17, 15) is 4.79 Å². The topological polar surface area (TPSA) is 41.1 Å². The second-order valence-corrected chi connectivity index (χ2v) is 4.73. The summed E-state index contributed by atoms with van der Waals surface area (Å²) >= 11 is 6.10. The highest BCUT2D eigenvalue weighted by atomic mass is 35.5. The molecule has 0 bridgehead atoms. The van der Waals surface area contributed by atoms with Gasteiger partial charge in [-0.3, -0.25) is 4.79 Å². The molecule has 2 N–H and O–H groups in total. The van der Waals surface area contributed by atoms with Crippen LogP contribution in [0.2, 0.25) is 5.02 Å². The molecule has 1 rings (SSSR count). The summed E-state index contributed by atoms with van der Waals surface area (Å²) in [5.74, 6) is -0.0186. The first kappa shape index (κ1) is 18.2. The van der Waals surface area contributed by atoms with Crippen molar-refractivity contribution in [2.24, 2.45) is 0 Å². The summed E-state index contributed by atoms with van der Waals surface area (Å²) in [4.78, 5) is 12.2. The first-order valence-electron chi connectivity index (χ1n) is 6.39. The van der Waals surface area contributed by atoms with E-state index in [4.69, 9.17) is 11.6 Å². The predicted octanol–water partition coefficient (Wildman–Crippen LogP) is 3.79. The molecule has 1 aromatic rings. The molecule has 0 aliphatic carbocycles. The van der Waals surface area contributed by atoms with Gasteiger partial charge in [0, 0.05) is 0 Å². The van der Waals surface area contributed by atoms with Crippen LogP contribution in [0, 0.1) is 6.92 Å². The summed E-state index contributed by atoms with van der Waals surface area (Å²) in [6, 6.07) is 5.44. The molecule has 1 aromatic carbocycles. The monoisotopic (exact) mass is 304 g/mol. The van der Waals surface area contributed by atoms with Crippen LogP contribution in [-0.2, 0) is 4.79 Å². The fourth-order valence-electron chi connectivity index (χ4n) is 1.86. The number of anilines is 1. The number of carbonyl (C=O) groups is 1. The van der Waals surface area contributed by atoms with Crippen LogP contribution in [0.25, 0.3) is 0 Å². The van der Waals surface area contributed by atoms with Crippen LogP contribution in [0.4, 0.5) is 5.69 Å². The highest BCUT2D eigenvalue weighted by Crippen LogP contribution is 2.25. The Bertz CT molecular complexity index is 384. The molecular weight excluding hydrogens is 283 g/mol. The molecule has 108 valence electrons. The molecule has 1 unspecified atom stereocenters. The fraction of sp³-hybridized carbons (Fsp3) is 0.500. The van der Waals surface area contributed by atoms with Crippen LogP contribution in [0.3, 0.4) is 0 Å². The normalized spacial score (nSPS) is 11.6. The van der Waals surface area contributed by atoms with Crippen molar-refractivity contribution >= 4 is 35.6 Å². The van der Waals surface area contributed by atoms with Crippen molar-refractivity contribution in [3.05, 3.63) is 28.8 Å². The van der Waals surface area contributed by atoms with Crippen LogP contribution in [0.5, 0.6) is 0 Å². The van der Waals surface area contributed by atoms with Gasteiger partial charge >= 0.3 is 0 Å². The summed E-state index contributed by atoms with van der Waals surface area (Å²) in [7, 11) is 0. The molecule has 0 saturated heterocycles. The lowest BCUT2D eigenvalue weighted by Gasteiger charge is -2.18. The van der Waals surface area contributed by atoms with Crippen molar-refractivity contribution in [2.75, 3.05) is 11.9 Å². The van der Waals surface area contributed by atoms with E-state index in [-0.39, 0.29) is 24.4 Å². The number of rotatable bonds is 6. The summed E-state index contributed by atoms with van der Waals surface area (Å²) in [6.45, 7) is 6.78. The molecule has 19 heavy (non-hydrogen) atoms. The van der Waals surface area contributed by atoms with E-state index in [0.29, 0.717) is 10.7 Å². The summed E-state index contributed by atoms with van der Waals surface area (Å²) < 4.78 is 0. The molecule has 0 spiro atoms. The van der Waals surface area contributed by atoms with Gasteiger partial charge in [0.2, 0.25) is 5.91 Å². The lowest BCUT2D eigenvalue weighted by molar-refractivity contribution is -0.118. The minimum atomic E-state index is -0.157. The Morgan fingerprint density at radius 3 is 2.58 bits per heavy atom. The molecule has 1 amide bonds. The van der Waals surface area contributed by atoms with Crippen LogP contribution in [0.1, 0.15) is 32.3 Å². The first-order valence-corrected chi connectivity index (χ1v) is 6.77.